The van der Waals surface area contributed by atoms with Crippen LogP contribution in [0.15, 0.2) is 47.7 Å². The molecular formula is C19H28N6O2. The van der Waals surface area contributed by atoms with Crippen molar-refractivity contribution in [3.8, 4) is 0 Å². The highest BCUT2D eigenvalue weighted by Gasteiger charge is 2.05. The summed E-state index contributed by atoms with van der Waals surface area (Å²) in [7, 11) is 1.74. The zero-order valence-corrected chi connectivity index (χ0v) is 15.9. The van der Waals surface area contributed by atoms with Gasteiger partial charge in [-0.25, -0.2) is 0 Å². The molecule has 0 aliphatic carbocycles. The number of aliphatic imine (C=N–C) groups is 1. The molecule has 0 saturated carbocycles. The van der Waals surface area contributed by atoms with Crippen LogP contribution < -0.4 is 16.0 Å². The van der Waals surface area contributed by atoms with Gasteiger partial charge in [-0.3, -0.25) is 14.5 Å². The first kappa shape index (κ1) is 20.4. The topological polar surface area (TPSA) is 92.6 Å². The number of guanidine groups is 1. The van der Waals surface area contributed by atoms with Gasteiger partial charge in [0.25, 0.3) is 0 Å². The average molecular weight is 372 g/mol. The van der Waals surface area contributed by atoms with Crippen LogP contribution in [0.4, 0.5) is 5.69 Å². The van der Waals surface area contributed by atoms with Gasteiger partial charge in [-0.05, 0) is 37.1 Å². The normalized spacial score (nSPS) is 11.3. The van der Waals surface area contributed by atoms with E-state index < -0.39 is 0 Å². The van der Waals surface area contributed by atoms with Crippen molar-refractivity contribution < 1.29 is 9.53 Å². The highest BCUT2D eigenvalue weighted by atomic mass is 16.5. The van der Waals surface area contributed by atoms with E-state index in [2.05, 4.69) is 26.0 Å². The Morgan fingerprint density at radius 3 is 2.93 bits per heavy atom. The lowest BCUT2D eigenvalue weighted by atomic mass is 10.2. The number of carbonyl (C=O) groups is 1. The van der Waals surface area contributed by atoms with Gasteiger partial charge in [0.05, 0.1) is 0 Å². The highest BCUT2D eigenvalue weighted by Crippen LogP contribution is 2.10. The van der Waals surface area contributed by atoms with Crippen LogP contribution >= 0.6 is 0 Å². The first-order valence-electron chi connectivity index (χ1n) is 9.09. The first-order chi connectivity index (χ1) is 13.2. The van der Waals surface area contributed by atoms with Gasteiger partial charge in [0, 0.05) is 51.4 Å². The van der Waals surface area contributed by atoms with Gasteiger partial charge in [-0.2, -0.15) is 5.10 Å². The quantitative estimate of drug-likeness (QED) is 0.335. The SMILES string of the molecule is CCOCCCNC(=NC)NCc1cccc(NC(=O)Cn2cccn2)c1. The molecular weight excluding hydrogens is 344 g/mol. The molecule has 0 fully saturated rings. The number of anilines is 1. The molecule has 8 heteroatoms. The van der Waals surface area contributed by atoms with Gasteiger partial charge >= 0.3 is 0 Å². The molecule has 0 saturated heterocycles. The molecule has 0 aliphatic rings. The second kappa shape index (κ2) is 11.7. The number of ether oxygens (including phenoxy) is 1. The third kappa shape index (κ3) is 7.91. The number of nitrogens with one attached hydrogen (secondary N) is 3. The highest BCUT2D eigenvalue weighted by molar-refractivity contribution is 5.90. The molecule has 1 amide bonds. The number of aromatic nitrogens is 2. The second-order valence-corrected chi connectivity index (χ2v) is 5.86. The average Bonchev–Trinajstić information content (AvgIpc) is 3.17. The van der Waals surface area contributed by atoms with E-state index in [9.17, 15) is 4.79 Å². The van der Waals surface area contributed by atoms with E-state index in [-0.39, 0.29) is 12.5 Å². The fourth-order valence-electron chi connectivity index (χ4n) is 2.43. The van der Waals surface area contributed by atoms with Crippen LogP contribution in [-0.2, 0) is 22.6 Å². The third-order valence-electron chi connectivity index (χ3n) is 3.72. The maximum Gasteiger partial charge on any atom is 0.246 e. The van der Waals surface area contributed by atoms with Crippen molar-refractivity contribution in [3.63, 3.8) is 0 Å². The monoisotopic (exact) mass is 372 g/mol. The molecule has 0 spiro atoms. The summed E-state index contributed by atoms with van der Waals surface area (Å²) in [6.45, 7) is 5.05. The van der Waals surface area contributed by atoms with E-state index in [1.807, 2.05) is 31.2 Å². The van der Waals surface area contributed by atoms with Gasteiger partial charge in [-0.15, -0.1) is 0 Å². The predicted octanol–water partition coefficient (Wildman–Crippen LogP) is 1.61. The van der Waals surface area contributed by atoms with Crippen molar-refractivity contribution in [3.05, 3.63) is 48.3 Å². The fourth-order valence-corrected chi connectivity index (χ4v) is 2.43. The zero-order valence-electron chi connectivity index (χ0n) is 15.9. The van der Waals surface area contributed by atoms with E-state index in [4.69, 9.17) is 4.74 Å². The van der Waals surface area contributed by atoms with Crippen LogP contribution in [0.3, 0.4) is 0 Å². The van der Waals surface area contributed by atoms with E-state index in [0.717, 1.165) is 43.4 Å². The second-order valence-electron chi connectivity index (χ2n) is 5.86. The minimum absolute atomic E-state index is 0.115. The molecule has 0 bridgehead atoms. The molecule has 1 aromatic heterocycles. The molecule has 27 heavy (non-hydrogen) atoms. The Morgan fingerprint density at radius 1 is 1.30 bits per heavy atom. The Kier molecular flexibility index (Phi) is 8.85. The van der Waals surface area contributed by atoms with Crippen LogP contribution in [0, 0.1) is 0 Å². The van der Waals surface area contributed by atoms with Crippen molar-refractivity contribution >= 4 is 17.6 Å². The molecule has 0 radical (unpaired) electrons. The minimum atomic E-state index is -0.115. The van der Waals surface area contributed by atoms with E-state index >= 15 is 0 Å². The molecule has 8 nitrogen and oxygen atoms in total. The molecule has 1 heterocycles. The number of rotatable bonds is 10. The molecule has 0 unspecified atom stereocenters. The molecule has 2 rings (SSSR count). The standard InChI is InChI=1S/C19H28N6O2/c1-3-27-12-6-9-21-19(20-2)22-14-16-7-4-8-17(13-16)24-18(26)15-25-11-5-10-23-25/h4-5,7-8,10-11,13H,3,6,9,12,14-15H2,1-2H3,(H,24,26)(H2,20,21,22). The van der Waals surface area contributed by atoms with Crippen molar-refractivity contribution in [1.29, 1.82) is 0 Å². The van der Waals surface area contributed by atoms with Crippen molar-refractivity contribution in [2.45, 2.75) is 26.4 Å². The van der Waals surface area contributed by atoms with Gasteiger partial charge < -0.3 is 20.7 Å². The van der Waals surface area contributed by atoms with Gasteiger partial charge in [0.1, 0.15) is 6.54 Å². The summed E-state index contributed by atoms with van der Waals surface area (Å²) in [5.74, 6) is 0.621. The Morgan fingerprint density at radius 2 is 2.19 bits per heavy atom. The summed E-state index contributed by atoms with van der Waals surface area (Å²) in [6.07, 6.45) is 4.33. The zero-order chi connectivity index (χ0) is 19.3. The molecule has 0 aliphatic heterocycles. The Hall–Kier alpha value is -2.87. The number of hydrogen-bond acceptors (Lipinski definition) is 4. The summed E-state index contributed by atoms with van der Waals surface area (Å²) in [5.41, 5.74) is 1.80. The molecule has 0 atom stereocenters. The maximum atomic E-state index is 12.1. The van der Waals surface area contributed by atoms with E-state index in [0.29, 0.717) is 6.54 Å². The Balaban J connectivity index is 1.77. The number of carbonyl (C=O) groups excluding carboxylic acids is 1. The summed E-state index contributed by atoms with van der Waals surface area (Å²) >= 11 is 0. The van der Waals surface area contributed by atoms with Crippen LogP contribution in [0.25, 0.3) is 0 Å². The minimum Gasteiger partial charge on any atom is -0.382 e. The summed E-state index contributed by atoms with van der Waals surface area (Å²) in [5, 5.41) is 13.4. The number of nitrogens with zero attached hydrogens (tertiary/aromatic N) is 3. The first-order valence-corrected chi connectivity index (χ1v) is 9.09. The van der Waals surface area contributed by atoms with Crippen LogP contribution in [0.5, 0.6) is 0 Å². The predicted molar refractivity (Wildman–Crippen MR) is 107 cm³/mol. The molecule has 146 valence electrons. The van der Waals surface area contributed by atoms with Crippen molar-refractivity contribution in [1.82, 2.24) is 20.4 Å². The lowest BCUT2D eigenvalue weighted by Gasteiger charge is -2.13. The smallest absolute Gasteiger partial charge is 0.246 e. The van der Waals surface area contributed by atoms with Gasteiger partial charge in [0.2, 0.25) is 5.91 Å². The van der Waals surface area contributed by atoms with Crippen LogP contribution in [-0.4, -0.2) is 48.5 Å². The third-order valence-corrected chi connectivity index (χ3v) is 3.72. The largest absolute Gasteiger partial charge is 0.382 e. The van der Waals surface area contributed by atoms with Crippen molar-refractivity contribution in [2.24, 2.45) is 4.99 Å². The van der Waals surface area contributed by atoms with E-state index in [1.54, 1.807) is 30.2 Å². The van der Waals surface area contributed by atoms with Gasteiger partial charge in [-0.1, -0.05) is 12.1 Å². The molecule has 3 N–H and O–H groups in total. The maximum absolute atomic E-state index is 12.1. The lowest BCUT2D eigenvalue weighted by Crippen LogP contribution is -2.37. The Bertz CT molecular complexity index is 715. The van der Waals surface area contributed by atoms with Crippen LogP contribution in [0.2, 0.25) is 0 Å². The molecule has 2 aromatic rings. The Labute approximate surface area is 160 Å². The summed E-state index contributed by atoms with van der Waals surface area (Å²) in [4.78, 5) is 16.3. The number of amides is 1. The number of hydrogen-bond donors (Lipinski definition) is 3. The number of benzene rings is 1. The summed E-state index contributed by atoms with van der Waals surface area (Å²) in [6, 6.07) is 9.51. The molecule has 1 aromatic carbocycles. The lowest BCUT2D eigenvalue weighted by molar-refractivity contribution is -0.116. The fraction of sp³-hybridized carbons (Fsp3) is 0.421. The summed E-state index contributed by atoms with van der Waals surface area (Å²) < 4.78 is 6.90. The van der Waals surface area contributed by atoms with Crippen LogP contribution in [0.1, 0.15) is 18.9 Å². The van der Waals surface area contributed by atoms with Crippen molar-refractivity contribution in [2.75, 3.05) is 32.1 Å². The van der Waals surface area contributed by atoms with Gasteiger partial charge in [0.15, 0.2) is 5.96 Å². The van der Waals surface area contributed by atoms with E-state index in [1.165, 1.54) is 0 Å².